The molecule has 0 atom stereocenters. The summed E-state index contributed by atoms with van der Waals surface area (Å²) in [6, 6.07) is 4.80. The van der Waals surface area contributed by atoms with E-state index in [9.17, 15) is 17.6 Å². The fraction of sp³-hybridized carbons (Fsp3) is 0.292. The quantitative estimate of drug-likeness (QED) is 0.173. The van der Waals surface area contributed by atoms with Gasteiger partial charge in [-0.25, -0.2) is 9.37 Å². The summed E-state index contributed by atoms with van der Waals surface area (Å²) in [5.74, 6) is -0.0688. The minimum absolute atomic E-state index is 0.0160. The lowest BCUT2D eigenvalue weighted by Gasteiger charge is -2.25. The first kappa shape index (κ1) is 25.9. The summed E-state index contributed by atoms with van der Waals surface area (Å²) in [6.45, 7) is 9.79. The van der Waals surface area contributed by atoms with E-state index in [4.69, 9.17) is 21.1 Å². The minimum Gasteiger partial charge on any atom is -0.498 e. The normalized spacial score (nSPS) is 12.2. The van der Waals surface area contributed by atoms with Gasteiger partial charge in [0.25, 0.3) is 0 Å². The van der Waals surface area contributed by atoms with Crippen LogP contribution in [0.4, 0.5) is 17.6 Å². The molecule has 1 aromatic carbocycles. The summed E-state index contributed by atoms with van der Waals surface area (Å²) in [6.07, 6.45) is -2.10. The third kappa shape index (κ3) is 5.79. The number of alkyl halides is 3. The Kier molecular flexibility index (Phi) is 6.98. The van der Waals surface area contributed by atoms with Gasteiger partial charge in [0.1, 0.15) is 16.3 Å². The van der Waals surface area contributed by atoms with E-state index in [0.717, 1.165) is 23.6 Å². The van der Waals surface area contributed by atoms with Crippen molar-refractivity contribution in [3.63, 3.8) is 0 Å². The Bertz CT molecular complexity index is 1430. The van der Waals surface area contributed by atoms with Gasteiger partial charge in [0.2, 0.25) is 0 Å². The van der Waals surface area contributed by atoms with Crippen LogP contribution in [-0.4, -0.2) is 32.8 Å². The van der Waals surface area contributed by atoms with Crippen LogP contribution >= 0.6 is 22.9 Å². The summed E-state index contributed by atoms with van der Waals surface area (Å²) in [5, 5.41) is 9.01. The summed E-state index contributed by atoms with van der Waals surface area (Å²) >= 11 is 7.48. The molecule has 6 nitrogen and oxygen atoms in total. The number of halogens is 5. The highest BCUT2D eigenvalue weighted by Crippen LogP contribution is 2.37. The van der Waals surface area contributed by atoms with Crippen molar-refractivity contribution in [2.45, 2.75) is 26.9 Å². The Labute approximate surface area is 213 Å². The van der Waals surface area contributed by atoms with E-state index >= 15 is 0 Å². The van der Waals surface area contributed by atoms with Gasteiger partial charge in [-0.3, -0.25) is 0 Å². The topological polar surface area (TPSA) is 61.5 Å². The first-order valence-corrected chi connectivity index (χ1v) is 11.8. The SMILES string of the molecule is C=C(C)OCC(C)(C)COc1cc(Cl)c(-c2nnc(-c3cn4cc(C(F)(F)F)ccc4n3)s2)cc1F. The van der Waals surface area contributed by atoms with Crippen LogP contribution in [-0.2, 0) is 10.9 Å². The van der Waals surface area contributed by atoms with Crippen molar-refractivity contribution < 1.29 is 27.0 Å². The van der Waals surface area contributed by atoms with Crippen LogP contribution < -0.4 is 4.74 Å². The molecule has 0 aliphatic carbocycles. The van der Waals surface area contributed by atoms with Crippen molar-refractivity contribution >= 4 is 28.6 Å². The molecular weight excluding hydrogens is 520 g/mol. The Morgan fingerprint density at radius 3 is 2.53 bits per heavy atom. The minimum atomic E-state index is -4.47. The molecule has 4 rings (SSSR count). The lowest BCUT2D eigenvalue weighted by atomic mass is 9.96. The van der Waals surface area contributed by atoms with Crippen LogP contribution in [0.5, 0.6) is 5.75 Å². The lowest BCUT2D eigenvalue weighted by Crippen LogP contribution is -2.27. The summed E-state index contributed by atoms with van der Waals surface area (Å²) in [7, 11) is 0. The second-order valence-corrected chi connectivity index (χ2v) is 10.3. The molecule has 0 saturated carbocycles. The first-order chi connectivity index (χ1) is 16.8. The smallest absolute Gasteiger partial charge is 0.417 e. The number of benzene rings is 1. The molecule has 0 amide bonds. The number of fused-ring (bicyclic) bond motifs is 1. The van der Waals surface area contributed by atoms with Crippen molar-refractivity contribution in [3.8, 4) is 27.0 Å². The maximum absolute atomic E-state index is 14.8. The summed E-state index contributed by atoms with van der Waals surface area (Å²) < 4.78 is 66.2. The zero-order valence-corrected chi connectivity index (χ0v) is 21.1. The molecule has 0 saturated heterocycles. The van der Waals surface area contributed by atoms with Gasteiger partial charge in [0.15, 0.2) is 16.6 Å². The standard InChI is InChI=1S/C24H21ClF4N4O2S/c1-13(2)34-11-23(3,4)12-35-19-8-16(25)15(7-17(19)26)21-31-32-22(36-21)18-10-33-9-14(24(27,28)29)5-6-20(33)30-18/h5-10H,1,11-12H2,2-4H3. The van der Waals surface area contributed by atoms with Crippen molar-refractivity contribution in [1.29, 1.82) is 0 Å². The van der Waals surface area contributed by atoms with Gasteiger partial charge in [-0.15, -0.1) is 10.2 Å². The van der Waals surface area contributed by atoms with Crippen LogP contribution in [0.2, 0.25) is 5.02 Å². The van der Waals surface area contributed by atoms with Crippen molar-refractivity contribution in [2.75, 3.05) is 13.2 Å². The average Bonchev–Trinajstić information content (AvgIpc) is 3.44. The fourth-order valence-corrected chi connectivity index (χ4v) is 4.26. The van der Waals surface area contributed by atoms with Crippen LogP contribution in [0.3, 0.4) is 0 Å². The number of imidazole rings is 1. The van der Waals surface area contributed by atoms with Gasteiger partial charge in [-0.2, -0.15) is 13.2 Å². The Morgan fingerprint density at radius 2 is 1.83 bits per heavy atom. The van der Waals surface area contributed by atoms with E-state index < -0.39 is 23.0 Å². The Hall–Kier alpha value is -3.18. The van der Waals surface area contributed by atoms with Gasteiger partial charge < -0.3 is 13.9 Å². The highest BCUT2D eigenvalue weighted by atomic mass is 35.5. The molecule has 4 aromatic rings. The molecule has 3 aromatic heterocycles. The number of hydrogen-bond donors (Lipinski definition) is 0. The number of pyridine rings is 1. The zero-order chi connectivity index (χ0) is 26.3. The van der Waals surface area contributed by atoms with Crippen molar-refractivity contribution in [2.24, 2.45) is 5.41 Å². The van der Waals surface area contributed by atoms with Crippen LogP contribution in [0.15, 0.2) is 49.0 Å². The Balaban J connectivity index is 1.54. The molecule has 12 heteroatoms. The molecule has 0 spiro atoms. The highest BCUT2D eigenvalue weighted by molar-refractivity contribution is 7.18. The number of aromatic nitrogens is 4. The van der Waals surface area contributed by atoms with Crippen LogP contribution in [0, 0.1) is 11.2 Å². The van der Waals surface area contributed by atoms with Gasteiger partial charge in [0.05, 0.1) is 29.6 Å². The number of nitrogens with zero attached hydrogens (tertiary/aromatic N) is 4. The maximum atomic E-state index is 14.8. The van der Waals surface area contributed by atoms with Gasteiger partial charge >= 0.3 is 6.18 Å². The predicted molar refractivity (Wildman–Crippen MR) is 130 cm³/mol. The molecule has 3 heterocycles. The second kappa shape index (κ2) is 9.70. The number of allylic oxidation sites excluding steroid dienone is 1. The summed E-state index contributed by atoms with van der Waals surface area (Å²) in [5.41, 5.74) is -0.253. The largest absolute Gasteiger partial charge is 0.498 e. The molecule has 0 N–H and O–H groups in total. The first-order valence-electron chi connectivity index (χ1n) is 10.6. The van der Waals surface area contributed by atoms with E-state index in [1.165, 1.54) is 28.8 Å². The van der Waals surface area contributed by atoms with E-state index in [2.05, 4.69) is 21.8 Å². The maximum Gasteiger partial charge on any atom is 0.417 e. The predicted octanol–water partition coefficient (Wildman–Crippen LogP) is 7.29. The molecule has 190 valence electrons. The van der Waals surface area contributed by atoms with E-state index in [-0.39, 0.29) is 17.4 Å². The zero-order valence-electron chi connectivity index (χ0n) is 19.5. The molecule has 0 radical (unpaired) electrons. The number of ether oxygens (including phenoxy) is 2. The molecule has 0 aliphatic rings. The molecule has 0 fully saturated rings. The second-order valence-electron chi connectivity index (χ2n) is 8.93. The third-order valence-corrected chi connectivity index (χ3v) is 6.29. The molecule has 0 bridgehead atoms. The van der Waals surface area contributed by atoms with Gasteiger partial charge in [-0.1, -0.05) is 43.4 Å². The third-order valence-electron chi connectivity index (χ3n) is 5.00. The molecular formula is C24H21ClF4N4O2S. The average molecular weight is 541 g/mol. The molecule has 0 aliphatic heterocycles. The summed E-state index contributed by atoms with van der Waals surface area (Å²) in [4.78, 5) is 4.30. The van der Waals surface area contributed by atoms with E-state index in [1.54, 1.807) is 6.92 Å². The number of rotatable bonds is 8. The fourth-order valence-electron chi connectivity index (χ4n) is 3.13. The van der Waals surface area contributed by atoms with Crippen molar-refractivity contribution in [3.05, 3.63) is 65.4 Å². The van der Waals surface area contributed by atoms with Crippen LogP contribution in [0.1, 0.15) is 26.3 Å². The van der Waals surface area contributed by atoms with Gasteiger partial charge in [-0.05, 0) is 25.1 Å². The molecule has 0 unspecified atom stereocenters. The monoisotopic (exact) mass is 540 g/mol. The number of hydrogen-bond acceptors (Lipinski definition) is 6. The Morgan fingerprint density at radius 1 is 1.11 bits per heavy atom. The molecule has 36 heavy (non-hydrogen) atoms. The van der Waals surface area contributed by atoms with Gasteiger partial charge in [0, 0.05) is 29.4 Å². The van der Waals surface area contributed by atoms with Crippen LogP contribution in [0.25, 0.3) is 26.9 Å². The highest BCUT2D eigenvalue weighted by Gasteiger charge is 2.31. The van der Waals surface area contributed by atoms with E-state index in [1.807, 2.05) is 13.8 Å². The lowest BCUT2D eigenvalue weighted by molar-refractivity contribution is -0.137. The van der Waals surface area contributed by atoms with Crippen molar-refractivity contribution in [1.82, 2.24) is 19.6 Å². The van der Waals surface area contributed by atoms with E-state index in [0.29, 0.717) is 39.3 Å².